The zero-order valence-corrected chi connectivity index (χ0v) is 16.2. The second kappa shape index (κ2) is 6.96. The van der Waals surface area contributed by atoms with Crippen molar-refractivity contribution in [3.05, 3.63) is 30.0 Å². The monoisotopic (exact) mass is 383 g/mol. The number of pyridine rings is 1. The normalized spacial score (nSPS) is 24.1. The maximum absolute atomic E-state index is 11.9. The highest BCUT2D eigenvalue weighted by atomic mass is 16.5. The Hall–Kier alpha value is -2.83. The topological polar surface area (TPSA) is 104 Å². The fourth-order valence-electron chi connectivity index (χ4n) is 4.33. The van der Waals surface area contributed by atoms with Crippen LogP contribution in [0.25, 0.3) is 10.8 Å². The van der Waals surface area contributed by atoms with E-state index in [9.17, 15) is 9.59 Å². The molecule has 4 rings (SSSR count). The molecule has 148 valence electrons. The van der Waals surface area contributed by atoms with E-state index in [4.69, 9.17) is 15.2 Å². The van der Waals surface area contributed by atoms with Gasteiger partial charge in [-0.2, -0.15) is 0 Å². The van der Waals surface area contributed by atoms with E-state index >= 15 is 0 Å². The average Bonchev–Trinajstić information content (AvgIpc) is 3.20. The molecule has 1 aromatic heterocycles. The minimum atomic E-state index is -0.541. The molecule has 3 N–H and O–H groups in total. The van der Waals surface area contributed by atoms with Crippen molar-refractivity contribution >= 4 is 22.6 Å². The summed E-state index contributed by atoms with van der Waals surface area (Å²) in [5, 5.41) is 4.69. The molecule has 0 bridgehead atoms. The second-order valence-electron chi connectivity index (χ2n) is 7.92. The number of carbonyl (C=O) groups is 2. The number of benzene rings is 1. The second-order valence-corrected chi connectivity index (χ2v) is 7.92. The van der Waals surface area contributed by atoms with Gasteiger partial charge in [0, 0.05) is 18.0 Å². The minimum Gasteiger partial charge on any atom is -0.490 e. The van der Waals surface area contributed by atoms with E-state index in [0.29, 0.717) is 23.6 Å². The van der Waals surface area contributed by atoms with Crippen molar-refractivity contribution in [3.8, 4) is 11.6 Å². The van der Waals surface area contributed by atoms with Gasteiger partial charge in [0.25, 0.3) is 5.91 Å². The predicted molar refractivity (Wildman–Crippen MR) is 104 cm³/mol. The van der Waals surface area contributed by atoms with Gasteiger partial charge in [0.15, 0.2) is 0 Å². The van der Waals surface area contributed by atoms with Gasteiger partial charge in [0.05, 0.1) is 17.2 Å². The summed E-state index contributed by atoms with van der Waals surface area (Å²) >= 11 is 0. The summed E-state index contributed by atoms with van der Waals surface area (Å²) in [6.07, 6.45) is 5.54. The Kier molecular flexibility index (Phi) is 4.61. The summed E-state index contributed by atoms with van der Waals surface area (Å²) in [5.41, 5.74) is 5.57. The van der Waals surface area contributed by atoms with Gasteiger partial charge in [0.1, 0.15) is 11.9 Å². The first-order valence-electron chi connectivity index (χ1n) is 9.75. The van der Waals surface area contributed by atoms with Gasteiger partial charge in [-0.05, 0) is 63.1 Å². The summed E-state index contributed by atoms with van der Waals surface area (Å²) < 4.78 is 12.1. The van der Waals surface area contributed by atoms with Crippen molar-refractivity contribution in [3.63, 3.8) is 0 Å². The van der Waals surface area contributed by atoms with Gasteiger partial charge in [-0.1, -0.05) is 0 Å². The number of hydrogen-bond donors (Lipinski definition) is 2. The smallest absolute Gasteiger partial charge is 0.252 e. The molecule has 7 nitrogen and oxygen atoms in total. The van der Waals surface area contributed by atoms with Crippen molar-refractivity contribution < 1.29 is 19.1 Å². The fraction of sp³-hybridized carbons (Fsp3) is 0.476. The Morgan fingerprint density at radius 2 is 2.18 bits per heavy atom. The molecule has 1 saturated carbocycles. The van der Waals surface area contributed by atoms with Crippen LogP contribution in [0.5, 0.6) is 11.6 Å². The SMILES string of the molecule is CC(C)Oc1cc2c(OC3CCCC34CCC(=O)N4)nccc2cc1C(N)=O. The third-order valence-corrected chi connectivity index (χ3v) is 5.60. The molecule has 2 aromatic rings. The first kappa shape index (κ1) is 18.5. The summed E-state index contributed by atoms with van der Waals surface area (Å²) in [4.78, 5) is 28.1. The van der Waals surface area contributed by atoms with Crippen molar-refractivity contribution in [2.45, 2.75) is 63.7 Å². The number of carbonyl (C=O) groups excluding carboxylic acids is 2. The zero-order valence-electron chi connectivity index (χ0n) is 16.2. The van der Waals surface area contributed by atoms with Crippen LogP contribution in [0, 0.1) is 0 Å². The van der Waals surface area contributed by atoms with E-state index in [-0.39, 0.29) is 23.7 Å². The first-order chi connectivity index (χ1) is 13.4. The third-order valence-electron chi connectivity index (χ3n) is 5.60. The van der Waals surface area contributed by atoms with Crippen LogP contribution in [-0.2, 0) is 4.79 Å². The van der Waals surface area contributed by atoms with E-state index in [2.05, 4.69) is 10.3 Å². The van der Waals surface area contributed by atoms with Crippen LogP contribution in [0.15, 0.2) is 24.4 Å². The number of primary amides is 1. The molecule has 28 heavy (non-hydrogen) atoms. The van der Waals surface area contributed by atoms with Crippen LogP contribution < -0.4 is 20.5 Å². The molecule has 1 aromatic carbocycles. The third kappa shape index (κ3) is 3.25. The van der Waals surface area contributed by atoms with Crippen LogP contribution in [-0.4, -0.2) is 34.5 Å². The highest BCUT2D eigenvalue weighted by Gasteiger charge is 2.49. The molecule has 0 radical (unpaired) electrons. The molecule has 2 heterocycles. The maximum atomic E-state index is 11.9. The van der Waals surface area contributed by atoms with E-state index < -0.39 is 5.91 Å². The van der Waals surface area contributed by atoms with Crippen LogP contribution in [0.2, 0.25) is 0 Å². The number of amides is 2. The zero-order chi connectivity index (χ0) is 19.9. The number of aromatic nitrogens is 1. The van der Waals surface area contributed by atoms with Gasteiger partial charge in [-0.3, -0.25) is 9.59 Å². The molecule has 1 aliphatic heterocycles. The Morgan fingerprint density at radius 3 is 2.86 bits per heavy atom. The van der Waals surface area contributed by atoms with Crippen molar-refractivity contribution in [1.82, 2.24) is 10.3 Å². The molecular weight excluding hydrogens is 358 g/mol. The lowest BCUT2D eigenvalue weighted by Gasteiger charge is -2.31. The number of nitrogens with two attached hydrogens (primary N) is 1. The van der Waals surface area contributed by atoms with Crippen LogP contribution in [0.4, 0.5) is 0 Å². The van der Waals surface area contributed by atoms with Gasteiger partial charge in [0.2, 0.25) is 11.8 Å². The van der Waals surface area contributed by atoms with Gasteiger partial charge in [-0.15, -0.1) is 0 Å². The minimum absolute atomic E-state index is 0.0834. The molecule has 2 fully saturated rings. The molecule has 2 atom stereocenters. The lowest BCUT2D eigenvalue weighted by molar-refractivity contribution is -0.120. The summed E-state index contributed by atoms with van der Waals surface area (Å²) in [5.74, 6) is 0.443. The summed E-state index contributed by atoms with van der Waals surface area (Å²) in [7, 11) is 0. The van der Waals surface area contributed by atoms with Gasteiger partial charge in [-0.25, -0.2) is 4.98 Å². The quantitative estimate of drug-likeness (QED) is 0.826. The number of hydrogen-bond acceptors (Lipinski definition) is 5. The maximum Gasteiger partial charge on any atom is 0.252 e. The highest BCUT2D eigenvalue weighted by Crippen LogP contribution is 2.41. The fourth-order valence-corrected chi connectivity index (χ4v) is 4.33. The van der Waals surface area contributed by atoms with Crippen LogP contribution in [0.1, 0.15) is 56.3 Å². The molecule has 1 aliphatic carbocycles. The average molecular weight is 383 g/mol. The standard InChI is InChI=1S/C21H25N3O4/c1-12(2)27-16-11-14-13(10-15(16)19(22)26)6-9-23-20(14)28-17-4-3-7-21(17)8-5-18(25)24-21/h6,9-12,17H,3-5,7-8H2,1-2H3,(H2,22,26)(H,24,25). The number of fused-ring (bicyclic) bond motifs is 1. The largest absolute Gasteiger partial charge is 0.490 e. The Morgan fingerprint density at radius 1 is 1.36 bits per heavy atom. The lowest BCUT2D eigenvalue weighted by atomic mass is 9.93. The molecule has 2 amide bonds. The van der Waals surface area contributed by atoms with Crippen molar-refractivity contribution in [2.75, 3.05) is 0 Å². The number of ether oxygens (including phenoxy) is 2. The first-order valence-corrected chi connectivity index (χ1v) is 9.75. The lowest BCUT2D eigenvalue weighted by Crippen LogP contribution is -2.50. The molecule has 2 aliphatic rings. The Bertz CT molecular complexity index is 943. The van der Waals surface area contributed by atoms with Crippen LogP contribution in [0.3, 0.4) is 0 Å². The molecular formula is C21H25N3O4. The molecule has 2 unspecified atom stereocenters. The summed E-state index contributed by atoms with van der Waals surface area (Å²) in [6, 6.07) is 5.30. The Labute approximate surface area is 163 Å². The highest BCUT2D eigenvalue weighted by molar-refractivity contribution is 6.01. The molecule has 7 heteroatoms. The van der Waals surface area contributed by atoms with E-state index in [1.165, 1.54) is 0 Å². The number of nitrogens with one attached hydrogen (secondary N) is 1. The predicted octanol–water partition coefficient (Wildman–Crippen LogP) is 2.70. The molecule has 1 spiro atoms. The Balaban J connectivity index is 1.73. The van der Waals surface area contributed by atoms with Crippen molar-refractivity contribution in [2.24, 2.45) is 5.73 Å². The number of rotatable bonds is 5. The van der Waals surface area contributed by atoms with Crippen molar-refractivity contribution in [1.29, 1.82) is 0 Å². The van der Waals surface area contributed by atoms with Crippen LogP contribution >= 0.6 is 0 Å². The number of nitrogens with zero attached hydrogens (tertiary/aromatic N) is 1. The van der Waals surface area contributed by atoms with Gasteiger partial charge >= 0.3 is 0 Å². The molecule has 1 saturated heterocycles. The summed E-state index contributed by atoms with van der Waals surface area (Å²) in [6.45, 7) is 3.78. The van der Waals surface area contributed by atoms with Gasteiger partial charge < -0.3 is 20.5 Å². The van der Waals surface area contributed by atoms with E-state index in [1.807, 2.05) is 19.9 Å². The van der Waals surface area contributed by atoms with E-state index in [1.54, 1.807) is 18.3 Å². The van der Waals surface area contributed by atoms with E-state index in [0.717, 1.165) is 36.5 Å².